The third kappa shape index (κ3) is 6.48. The van der Waals surface area contributed by atoms with Gasteiger partial charge in [-0.05, 0) is 74.5 Å². The number of aromatic nitrogens is 1. The zero-order valence-corrected chi connectivity index (χ0v) is 20.4. The van der Waals surface area contributed by atoms with Gasteiger partial charge in [-0.3, -0.25) is 4.79 Å². The van der Waals surface area contributed by atoms with Gasteiger partial charge in [0, 0.05) is 30.8 Å². The number of nitrogens with zero attached hydrogens (tertiary/aromatic N) is 2. The minimum absolute atomic E-state index is 0.0486. The summed E-state index contributed by atoms with van der Waals surface area (Å²) < 4.78 is 11.6. The summed E-state index contributed by atoms with van der Waals surface area (Å²) in [6.45, 7) is 10.9. The Labute approximate surface area is 202 Å². The van der Waals surface area contributed by atoms with Crippen LogP contribution in [0.4, 0.5) is 0 Å². The van der Waals surface area contributed by atoms with Gasteiger partial charge < -0.3 is 19.4 Å². The molecule has 34 heavy (non-hydrogen) atoms. The van der Waals surface area contributed by atoms with Gasteiger partial charge in [-0.15, -0.1) is 0 Å². The molecule has 0 radical (unpaired) electrons. The SMILES string of the molecule is Cc1oc(-c2ccc(C(=O)NCCCN3C[C@H](C)C[C@@H](C)C3)cc2)nc1COc1ccccc1. The Morgan fingerprint density at radius 3 is 2.50 bits per heavy atom. The summed E-state index contributed by atoms with van der Waals surface area (Å²) in [4.78, 5) is 19.7. The standard InChI is InChI=1S/C28H35N3O3/c1-20-16-21(2)18-31(17-20)15-7-14-29-27(32)23-10-12-24(13-11-23)28-30-26(22(3)34-28)19-33-25-8-5-4-6-9-25/h4-6,8-13,20-21H,7,14-19H2,1-3H3,(H,29,32)/t20-,21-/m1/s1. The smallest absolute Gasteiger partial charge is 0.251 e. The molecule has 1 saturated heterocycles. The number of aryl methyl sites for hydroxylation is 1. The predicted octanol–water partition coefficient (Wildman–Crippen LogP) is 5.33. The summed E-state index contributed by atoms with van der Waals surface area (Å²) in [6, 6.07) is 17.0. The molecule has 1 amide bonds. The van der Waals surface area contributed by atoms with Crippen LogP contribution in [-0.2, 0) is 6.61 Å². The normalized spacial score (nSPS) is 18.6. The quantitative estimate of drug-likeness (QED) is 0.437. The van der Waals surface area contributed by atoms with E-state index in [0.29, 0.717) is 24.6 Å². The molecule has 6 heteroatoms. The van der Waals surface area contributed by atoms with Gasteiger partial charge in [-0.2, -0.15) is 0 Å². The average molecular weight is 462 g/mol. The van der Waals surface area contributed by atoms with Gasteiger partial charge in [0.25, 0.3) is 5.91 Å². The van der Waals surface area contributed by atoms with Gasteiger partial charge in [0.05, 0.1) is 0 Å². The summed E-state index contributed by atoms with van der Waals surface area (Å²) in [5.74, 6) is 3.52. The number of oxazole rings is 1. The summed E-state index contributed by atoms with van der Waals surface area (Å²) >= 11 is 0. The third-order valence-corrected chi connectivity index (χ3v) is 6.29. The van der Waals surface area contributed by atoms with E-state index in [1.54, 1.807) is 0 Å². The maximum atomic E-state index is 12.5. The van der Waals surface area contributed by atoms with Crippen molar-refractivity contribution in [2.75, 3.05) is 26.2 Å². The van der Waals surface area contributed by atoms with Crippen molar-refractivity contribution in [1.29, 1.82) is 0 Å². The number of hydrogen-bond donors (Lipinski definition) is 1. The molecule has 3 aromatic rings. The number of carbonyl (C=O) groups is 1. The molecule has 0 saturated carbocycles. The van der Waals surface area contributed by atoms with E-state index in [0.717, 1.165) is 47.6 Å². The highest BCUT2D eigenvalue weighted by Gasteiger charge is 2.21. The summed E-state index contributed by atoms with van der Waals surface area (Å²) in [5.41, 5.74) is 2.23. The molecule has 1 aromatic heterocycles. The van der Waals surface area contributed by atoms with Crippen LogP contribution in [0.5, 0.6) is 5.75 Å². The highest BCUT2D eigenvalue weighted by molar-refractivity contribution is 5.94. The van der Waals surface area contributed by atoms with Gasteiger partial charge in [0.15, 0.2) is 0 Å². The second-order valence-corrected chi connectivity index (χ2v) is 9.52. The molecule has 2 aromatic carbocycles. The Morgan fingerprint density at radius 2 is 1.79 bits per heavy atom. The van der Waals surface area contributed by atoms with Crippen LogP contribution in [0.3, 0.4) is 0 Å². The maximum Gasteiger partial charge on any atom is 0.251 e. The number of likely N-dealkylation sites (tertiary alicyclic amines) is 1. The first kappa shape index (κ1) is 24.0. The molecule has 1 fully saturated rings. The monoisotopic (exact) mass is 461 g/mol. The first-order chi connectivity index (χ1) is 16.5. The molecule has 0 spiro atoms. The van der Waals surface area contributed by atoms with Crippen molar-refractivity contribution < 1.29 is 13.9 Å². The second kappa shape index (κ2) is 11.3. The lowest BCUT2D eigenvalue weighted by molar-refractivity contribution is 0.0947. The Bertz CT molecular complexity index is 1050. The van der Waals surface area contributed by atoms with Crippen molar-refractivity contribution in [2.24, 2.45) is 11.8 Å². The third-order valence-electron chi connectivity index (χ3n) is 6.29. The van der Waals surface area contributed by atoms with Gasteiger partial charge in [-0.1, -0.05) is 32.0 Å². The van der Waals surface area contributed by atoms with Crippen LogP contribution in [0.25, 0.3) is 11.5 Å². The molecular weight excluding hydrogens is 426 g/mol. The van der Waals surface area contributed by atoms with Gasteiger partial charge in [0.1, 0.15) is 23.8 Å². The average Bonchev–Trinajstić information content (AvgIpc) is 3.21. The molecule has 180 valence electrons. The van der Waals surface area contributed by atoms with Gasteiger partial charge in [-0.25, -0.2) is 4.98 Å². The molecular formula is C28H35N3O3. The van der Waals surface area contributed by atoms with Crippen molar-refractivity contribution in [1.82, 2.24) is 15.2 Å². The van der Waals surface area contributed by atoms with E-state index in [9.17, 15) is 4.79 Å². The molecule has 1 aliphatic heterocycles. The fourth-order valence-electron chi connectivity index (χ4n) is 4.70. The molecule has 0 bridgehead atoms. The van der Waals surface area contributed by atoms with Crippen molar-refractivity contribution in [3.63, 3.8) is 0 Å². The maximum absolute atomic E-state index is 12.5. The van der Waals surface area contributed by atoms with E-state index in [4.69, 9.17) is 9.15 Å². The van der Waals surface area contributed by atoms with E-state index in [-0.39, 0.29) is 5.91 Å². The fourth-order valence-corrected chi connectivity index (χ4v) is 4.70. The van der Waals surface area contributed by atoms with E-state index in [1.807, 2.05) is 61.5 Å². The Hall–Kier alpha value is -3.12. The van der Waals surface area contributed by atoms with Gasteiger partial charge in [0.2, 0.25) is 5.89 Å². The van der Waals surface area contributed by atoms with Crippen molar-refractivity contribution in [3.8, 4) is 17.2 Å². The number of piperidine rings is 1. The van der Waals surface area contributed by atoms with Crippen LogP contribution in [0.1, 0.15) is 48.5 Å². The highest BCUT2D eigenvalue weighted by Crippen LogP contribution is 2.24. The topological polar surface area (TPSA) is 67.6 Å². The number of para-hydroxylation sites is 1. The lowest BCUT2D eigenvalue weighted by Crippen LogP contribution is -2.40. The summed E-state index contributed by atoms with van der Waals surface area (Å²) in [5, 5.41) is 3.04. The molecule has 6 nitrogen and oxygen atoms in total. The minimum Gasteiger partial charge on any atom is -0.487 e. The molecule has 1 N–H and O–H groups in total. The number of amides is 1. The van der Waals surface area contributed by atoms with Crippen LogP contribution in [0, 0.1) is 18.8 Å². The predicted molar refractivity (Wildman–Crippen MR) is 134 cm³/mol. The largest absolute Gasteiger partial charge is 0.487 e. The molecule has 4 rings (SSSR count). The van der Waals surface area contributed by atoms with Crippen molar-refractivity contribution in [2.45, 2.75) is 40.2 Å². The first-order valence-electron chi connectivity index (χ1n) is 12.2. The zero-order chi connectivity index (χ0) is 23.9. The summed E-state index contributed by atoms with van der Waals surface area (Å²) in [6.07, 6.45) is 2.28. The van der Waals surface area contributed by atoms with Crippen LogP contribution >= 0.6 is 0 Å². The van der Waals surface area contributed by atoms with E-state index >= 15 is 0 Å². The number of nitrogens with one attached hydrogen (secondary N) is 1. The lowest BCUT2D eigenvalue weighted by Gasteiger charge is -2.34. The first-order valence-corrected chi connectivity index (χ1v) is 12.2. The molecule has 2 heterocycles. The Morgan fingerprint density at radius 1 is 1.09 bits per heavy atom. The van der Waals surface area contributed by atoms with Crippen LogP contribution in [0.2, 0.25) is 0 Å². The molecule has 2 atom stereocenters. The number of hydrogen-bond acceptors (Lipinski definition) is 5. The fraction of sp³-hybridized carbons (Fsp3) is 0.429. The summed E-state index contributed by atoms with van der Waals surface area (Å²) in [7, 11) is 0. The van der Waals surface area contributed by atoms with Gasteiger partial charge >= 0.3 is 0 Å². The van der Waals surface area contributed by atoms with Crippen molar-refractivity contribution in [3.05, 3.63) is 71.6 Å². The van der Waals surface area contributed by atoms with Crippen LogP contribution in [-0.4, -0.2) is 42.0 Å². The van der Waals surface area contributed by atoms with E-state index < -0.39 is 0 Å². The Kier molecular flexibility index (Phi) is 8.01. The van der Waals surface area contributed by atoms with Crippen molar-refractivity contribution >= 4 is 5.91 Å². The minimum atomic E-state index is -0.0486. The lowest BCUT2D eigenvalue weighted by atomic mass is 9.92. The number of ether oxygens (including phenoxy) is 1. The second-order valence-electron chi connectivity index (χ2n) is 9.52. The molecule has 0 unspecified atom stereocenters. The highest BCUT2D eigenvalue weighted by atomic mass is 16.5. The zero-order valence-electron chi connectivity index (χ0n) is 20.4. The van der Waals surface area contributed by atoms with E-state index in [1.165, 1.54) is 19.5 Å². The van der Waals surface area contributed by atoms with E-state index in [2.05, 4.69) is 29.0 Å². The number of carbonyl (C=O) groups excluding carboxylic acids is 1. The van der Waals surface area contributed by atoms with Crippen LogP contribution in [0.15, 0.2) is 59.0 Å². The number of benzene rings is 2. The number of rotatable bonds is 9. The molecule has 1 aliphatic rings. The van der Waals surface area contributed by atoms with Crippen LogP contribution < -0.4 is 10.1 Å². The Balaban J connectivity index is 1.26. The molecule has 0 aliphatic carbocycles.